The summed E-state index contributed by atoms with van der Waals surface area (Å²) >= 11 is 0. The van der Waals surface area contributed by atoms with Gasteiger partial charge in [0.15, 0.2) is 0 Å². The molecule has 0 spiro atoms. The van der Waals surface area contributed by atoms with Crippen molar-refractivity contribution in [3.63, 3.8) is 0 Å². The van der Waals surface area contributed by atoms with Crippen LogP contribution in [0.1, 0.15) is 66.2 Å². The molecule has 0 amide bonds. The first-order chi connectivity index (χ1) is 14.2. The topological polar surface area (TPSA) is 87.0 Å². The van der Waals surface area contributed by atoms with E-state index in [0.717, 1.165) is 38.5 Å². The van der Waals surface area contributed by atoms with Gasteiger partial charge in [-0.3, -0.25) is 4.79 Å². The number of ether oxygens (including phenoxy) is 1. The van der Waals surface area contributed by atoms with Crippen molar-refractivity contribution in [1.82, 2.24) is 0 Å². The molecule has 3 aliphatic carbocycles. The van der Waals surface area contributed by atoms with E-state index in [2.05, 4.69) is 32.9 Å². The van der Waals surface area contributed by atoms with Crippen molar-refractivity contribution in [3.05, 3.63) is 23.3 Å². The highest BCUT2D eigenvalue weighted by molar-refractivity contribution is 5.77. The lowest BCUT2D eigenvalue weighted by Gasteiger charge is -2.57. The Balaban J connectivity index is 1.84. The lowest BCUT2D eigenvalue weighted by atomic mass is 9.47. The summed E-state index contributed by atoms with van der Waals surface area (Å²) in [7, 11) is 0. The number of carbonyl (C=O) groups excluding carboxylic acids is 1. The van der Waals surface area contributed by atoms with Crippen LogP contribution in [0.3, 0.4) is 0 Å². The quantitative estimate of drug-likeness (QED) is 0.548. The first-order valence-electron chi connectivity index (χ1n) is 11.6. The molecule has 4 atom stereocenters. The van der Waals surface area contributed by atoms with Crippen molar-refractivity contribution in [2.24, 2.45) is 34.0 Å². The minimum absolute atomic E-state index is 0.0666. The molecule has 0 radical (unpaired) electrons. The van der Waals surface area contributed by atoms with E-state index in [0.29, 0.717) is 11.8 Å². The molecule has 0 aromatic carbocycles. The molecule has 3 aliphatic rings. The highest BCUT2D eigenvalue weighted by Gasteiger charge is 2.57. The number of fused-ring (bicyclic) bond motifs is 3. The Morgan fingerprint density at radius 2 is 1.87 bits per heavy atom. The van der Waals surface area contributed by atoms with Gasteiger partial charge in [0, 0.05) is 0 Å². The van der Waals surface area contributed by atoms with Crippen LogP contribution in [-0.2, 0) is 9.53 Å². The maximum absolute atomic E-state index is 13.3. The van der Waals surface area contributed by atoms with Gasteiger partial charge in [-0.25, -0.2) is 0 Å². The van der Waals surface area contributed by atoms with Gasteiger partial charge < -0.3 is 20.1 Å². The average Bonchev–Trinajstić information content (AvgIpc) is 2.74. The summed E-state index contributed by atoms with van der Waals surface area (Å²) in [6.07, 6.45) is 10.8. The third-order valence-electron chi connectivity index (χ3n) is 8.56. The van der Waals surface area contributed by atoms with Crippen molar-refractivity contribution in [3.8, 4) is 0 Å². The summed E-state index contributed by atoms with van der Waals surface area (Å²) in [5.41, 5.74) is 1.28. The van der Waals surface area contributed by atoms with E-state index in [1.54, 1.807) is 0 Å². The molecular formula is C25H40O5. The number of rotatable bonds is 7. The number of esters is 1. The maximum atomic E-state index is 13.3. The summed E-state index contributed by atoms with van der Waals surface area (Å²) in [6, 6.07) is 0. The highest BCUT2D eigenvalue weighted by atomic mass is 16.5. The van der Waals surface area contributed by atoms with Crippen molar-refractivity contribution in [1.29, 1.82) is 0 Å². The molecule has 1 saturated carbocycles. The van der Waals surface area contributed by atoms with Crippen LogP contribution in [0, 0.1) is 34.0 Å². The number of aliphatic hydroxyl groups excluding tert-OH is 3. The van der Waals surface area contributed by atoms with Gasteiger partial charge in [-0.1, -0.05) is 44.9 Å². The third-order valence-corrected chi connectivity index (χ3v) is 8.56. The zero-order chi connectivity index (χ0) is 22.2. The predicted molar refractivity (Wildman–Crippen MR) is 117 cm³/mol. The normalized spacial score (nSPS) is 34.0. The molecule has 0 heterocycles. The maximum Gasteiger partial charge on any atom is 0.312 e. The number of hydrogen-bond acceptors (Lipinski definition) is 5. The minimum atomic E-state index is -1.19. The second kappa shape index (κ2) is 8.76. The number of aliphatic hydroxyl groups is 3. The summed E-state index contributed by atoms with van der Waals surface area (Å²) in [5.74, 6) is 1.01. The van der Waals surface area contributed by atoms with E-state index in [4.69, 9.17) is 4.74 Å². The Morgan fingerprint density at radius 1 is 1.20 bits per heavy atom. The molecule has 5 heteroatoms. The first kappa shape index (κ1) is 23.5. The van der Waals surface area contributed by atoms with Crippen LogP contribution in [0.4, 0.5) is 0 Å². The Bertz CT molecular complexity index is 696. The predicted octanol–water partition coefficient (Wildman–Crippen LogP) is 3.63. The zero-order valence-corrected chi connectivity index (χ0v) is 19.1. The van der Waals surface area contributed by atoms with E-state index in [1.807, 2.05) is 6.92 Å². The molecule has 0 aromatic rings. The molecule has 30 heavy (non-hydrogen) atoms. The molecule has 0 aliphatic heterocycles. The van der Waals surface area contributed by atoms with Gasteiger partial charge in [0.25, 0.3) is 0 Å². The van der Waals surface area contributed by atoms with Crippen LogP contribution in [0.5, 0.6) is 0 Å². The van der Waals surface area contributed by atoms with Gasteiger partial charge in [-0.15, -0.1) is 0 Å². The number of allylic oxidation sites excluding steroid dienone is 4. The van der Waals surface area contributed by atoms with Crippen molar-refractivity contribution in [2.75, 3.05) is 26.4 Å². The second-order valence-corrected chi connectivity index (χ2v) is 10.8. The smallest absolute Gasteiger partial charge is 0.312 e. The standard InChI is InChI=1S/C25H40O5/c1-17(2)18-6-8-20-19(12-18)7-9-21-23(20,3)10-5-11-24(21,4)22(29)30-16-25(13-26,14-27)15-28/h7,12,17,20-21,26-28H,5-6,8-11,13-16H2,1-4H3/t20-,21?,23-,24+/m1/s1. The van der Waals surface area contributed by atoms with Crippen LogP contribution >= 0.6 is 0 Å². The molecule has 170 valence electrons. The fraction of sp³-hybridized carbons (Fsp3) is 0.800. The van der Waals surface area contributed by atoms with Gasteiger partial charge in [0.05, 0.1) is 30.7 Å². The lowest BCUT2D eigenvalue weighted by Crippen LogP contribution is -2.54. The molecule has 0 bridgehead atoms. The number of carbonyl (C=O) groups is 1. The fourth-order valence-electron chi connectivity index (χ4n) is 6.26. The zero-order valence-electron chi connectivity index (χ0n) is 19.1. The fourth-order valence-corrected chi connectivity index (χ4v) is 6.26. The van der Waals surface area contributed by atoms with Crippen LogP contribution in [0.25, 0.3) is 0 Å². The van der Waals surface area contributed by atoms with Gasteiger partial charge >= 0.3 is 5.97 Å². The largest absolute Gasteiger partial charge is 0.464 e. The van der Waals surface area contributed by atoms with Crippen molar-refractivity contribution in [2.45, 2.75) is 66.2 Å². The van der Waals surface area contributed by atoms with Gasteiger partial charge in [0.1, 0.15) is 6.61 Å². The summed E-state index contributed by atoms with van der Waals surface area (Å²) in [4.78, 5) is 13.3. The Hall–Kier alpha value is -1.17. The van der Waals surface area contributed by atoms with Gasteiger partial charge in [0.2, 0.25) is 0 Å². The van der Waals surface area contributed by atoms with E-state index in [-0.39, 0.29) is 23.9 Å². The van der Waals surface area contributed by atoms with E-state index in [9.17, 15) is 20.1 Å². The Labute approximate surface area is 181 Å². The molecule has 1 unspecified atom stereocenters. The second-order valence-electron chi connectivity index (χ2n) is 10.8. The monoisotopic (exact) mass is 420 g/mol. The van der Waals surface area contributed by atoms with E-state index >= 15 is 0 Å². The Kier molecular flexibility index (Phi) is 6.86. The molecule has 3 N–H and O–H groups in total. The molecular weight excluding hydrogens is 380 g/mol. The highest BCUT2D eigenvalue weighted by Crippen LogP contribution is 2.62. The molecule has 0 aromatic heterocycles. The van der Waals surface area contributed by atoms with Crippen LogP contribution < -0.4 is 0 Å². The number of hydrogen-bond donors (Lipinski definition) is 3. The SMILES string of the molecule is CC(C)C1=CC2=CCC3[C@](C)(CCC[C@]3(C)C(=O)OCC(CO)(CO)CO)[C@@H]2CC1. The molecule has 0 saturated heterocycles. The first-order valence-corrected chi connectivity index (χ1v) is 11.6. The molecule has 1 fully saturated rings. The summed E-state index contributed by atoms with van der Waals surface area (Å²) in [5, 5.41) is 28.7. The minimum Gasteiger partial charge on any atom is -0.464 e. The van der Waals surface area contributed by atoms with Gasteiger partial charge in [-0.05, 0) is 67.8 Å². The summed E-state index contributed by atoms with van der Waals surface area (Å²) in [6.45, 7) is 7.48. The van der Waals surface area contributed by atoms with E-state index < -0.39 is 30.7 Å². The summed E-state index contributed by atoms with van der Waals surface area (Å²) < 4.78 is 5.65. The van der Waals surface area contributed by atoms with Gasteiger partial charge in [-0.2, -0.15) is 0 Å². The third kappa shape index (κ3) is 3.89. The van der Waals surface area contributed by atoms with Crippen LogP contribution in [0.15, 0.2) is 23.3 Å². The molecule has 3 rings (SSSR count). The van der Waals surface area contributed by atoms with Crippen molar-refractivity contribution >= 4 is 5.97 Å². The Morgan fingerprint density at radius 3 is 2.47 bits per heavy atom. The van der Waals surface area contributed by atoms with Crippen molar-refractivity contribution < 1.29 is 24.9 Å². The molecule has 5 nitrogen and oxygen atoms in total. The van der Waals surface area contributed by atoms with Crippen LogP contribution in [0.2, 0.25) is 0 Å². The van der Waals surface area contributed by atoms with E-state index in [1.165, 1.54) is 11.1 Å². The lowest BCUT2D eigenvalue weighted by molar-refractivity contribution is -0.176. The van der Waals surface area contributed by atoms with Crippen LogP contribution in [-0.4, -0.2) is 47.7 Å². The average molecular weight is 421 g/mol.